The van der Waals surface area contributed by atoms with Gasteiger partial charge in [0.1, 0.15) is 5.78 Å². The molecule has 0 amide bonds. The molecule has 0 aliphatic heterocycles. The second-order valence-corrected chi connectivity index (χ2v) is 3.73. The first kappa shape index (κ1) is 8.54. The van der Waals surface area contributed by atoms with Crippen molar-refractivity contribution in [3.63, 3.8) is 0 Å². The molecule has 0 aromatic rings. The fourth-order valence-corrected chi connectivity index (χ4v) is 2.07. The largest absolute Gasteiger partial charge is 0.501 e. The van der Waals surface area contributed by atoms with E-state index in [0.29, 0.717) is 18.1 Å². The van der Waals surface area contributed by atoms with Crippen molar-refractivity contribution in [1.82, 2.24) is 0 Å². The minimum atomic E-state index is 0.386. The molecule has 0 aromatic heterocycles. The Morgan fingerprint density at radius 1 is 1.46 bits per heavy atom. The van der Waals surface area contributed by atoms with Gasteiger partial charge >= 0.3 is 0 Å². The standard InChI is InChI=1S/C11H14O2/c1-13-11-5-3-8-6-10(12)4-2-9(8)7-11/h3,5,9H,2,4,6-7H2,1H3. The third kappa shape index (κ3) is 1.67. The van der Waals surface area contributed by atoms with Crippen LogP contribution in [-0.2, 0) is 9.53 Å². The number of rotatable bonds is 1. The van der Waals surface area contributed by atoms with Gasteiger partial charge in [0.25, 0.3) is 0 Å². The number of ether oxygens (including phenoxy) is 1. The van der Waals surface area contributed by atoms with Crippen LogP contribution < -0.4 is 0 Å². The molecule has 1 fully saturated rings. The zero-order valence-corrected chi connectivity index (χ0v) is 7.88. The van der Waals surface area contributed by atoms with Crippen LogP contribution in [0.25, 0.3) is 0 Å². The average Bonchev–Trinajstić information content (AvgIpc) is 2.17. The molecule has 2 heteroatoms. The third-order valence-electron chi connectivity index (χ3n) is 2.89. The number of carbonyl (C=O) groups excluding carboxylic acids is 1. The molecule has 0 N–H and O–H groups in total. The van der Waals surface area contributed by atoms with E-state index in [2.05, 4.69) is 6.08 Å². The molecule has 1 saturated carbocycles. The van der Waals surface area contributed by atoms with E-state index in [1.807, 2.05) is 6.08 Å². The lowest BCUT2D eigenvalue weighted by Crippen LogP contribution is -2.19. The molecule has 0 saturated heterocycles. The Morgan fingerprint density at radius 3 is 3.08 bits per heavy atom. The molecule has 0 bridgehead atoms. The summed E-state index contributed by atoms with van der Waals surface area (Å²) in [5.74, 6) is 2.00. The highest BCUT2D eigenvalue weighted by Crippen LogP contribution is 2.35. The first-order valence-corrected chi connectivity index (χ1v) is 4.75. The number of methoxy groups -OCH3 is 1. The molecule has 2 rings (SSSR count). The van der Waals surface area contributed by atoms with Gasteiger partial charge in [-0.05, 0) is 18.4 Å². The Morgan fingerprint density at radius 2 is 2.31 bits per heavy atom. The van der Waals surface area contributed by atoms with E-state index in [9.17, 15) is 4.79 Å². The minimum Gasteiger partial charge on any atom is -0.501 e. The van der Waals surface area contributed by atoms with Crippen molar-refractivity contribution < 1.29 is 9.53 Å². The Labute approximate surface area is 78.3 Å². The van der Waals surface area contributed by atoms with Crippen molar-refractivity contribution in [3.8, 4) is 0 Å². The fraction of sp³-hybridized carbons (Fsp3) is 0.545. The predicted molar refractivity (Wildman–Crippen MR) is 50.1 cm³/mol. The van der Waals surface area contributed by atoms with Crippen molar-refractivity contribution in [2.24, 2.45) is 5.92 Å². The summed E-state index contributed by atoms with van der Waals surface area (Å²) >= 11 is 0. The summed E-state index contributed by atoms with van der Waals surface area (Å²) in [5, 5.41) is 0. The Hall–Kier alpha value is -1.05. The first-order chi connectivity index (χ1) is 6.29. The number of Topliss-reactive ketones (excluding diaryl/α,β-unsaturated/α-hetero) is 1. The van der Waals surface area contributed by atoms with Gasteiger partial charge in [-0.25, -0.2) is 0 Å². The van der Waals surface area contributed by atoms with Gasteiger partial charge in [0.05, 0.1) is 12.9 Å². The van der Waals surface area contributed by atoms with Crippen molar-refractivity contribution >= 4 is 5.78 Å². The molecule has 2 nitrogen and oxygen atoms in total. The summed E-state index contributed by atoms with van der Waals surface area (Å²) < 4.78 is 5.20. The van der Waals surface area contributed by atoms with E-state index >= 15 is 0 Å². The van der Waals surface area contributed by atoms with Gasteiger partial charge in [0.15, 0.2) is 0 Å². The summed E-state index contributed by atoms with van der Waals surface area (Å²) in [6, 6.07) is 0. The Balaban J connectivity index is 2.16. The normalized spacial score (nSPS) is 27.5. The molecule has 1 atom stereocenters. The molecule has 0 heterocycles. The van der Waals surface area contributed by atoms with Crippen LogP contribution in [0.1, 0.15) is 25.7 Å². The van der Waals surface area contributed by atoms with E-state index in [0.717, 1.165) is 25.0 Å². The maximum absolute atomic E-state index is 11.2. The van der Waals surface area contributed by atoms with Crippen LogP contribution in [0, 0.1) is 5.92 Å². The maximum atomic E-state index is 11.2. The summed E-state index contributed by atoms with van der Waals surface area (Å²) in [6.07, 6.45) is 7.45. The number of fused-ring (bicyclic) bond motifs is 1. The maximum Gasteiger partial charge on any atom is 0.136 e. The molecule has 1 unspecified atom stereocenters. The van der Waals surface area contributed by atoms with Crippen LogP contribution in [0.15, 0.2) is 23.5 Å². The number of allylic oxidation sites excluding steroid dienone is 4. The first-order valence-electron chi connectivity index (χ1n) is 4.75. The van der Waals surface area contributed by atoms with Crippen LogP contribution in [0.5, 0.6) is 0 Å². The quantitative estimate of drug-likeness (QED) is 0.615. The van der Waals surface area contributed by atoms with E-state index in [4.69, 9.17) is 4.74 Å². The van der Waals surface area contributed by atoms with Gasteiger partial charge in [-0.15, -0.1) is 0 Å². The highest BCUT2D eigenvalue weighted by Gasteiger charge is 2.26. The third-order valence-corrected chi connectivity index (χ3v) is 2.89. The molecule has 70 valence electrons. The van der Waals surface area contributed by atoms with Crippen molar-refractivity contribution in [1.29, 1.82) is 0 Å². The minimum absolute atomic E-state index is 0.386. The molecule has 2 aliphatic rings. The molecular formula is C11H14O2. The molecule has 0 radical (unpaired) electrons. The van der Waals surface area contributed by atoms with Gasteiger partial charge in [0.2, 0.25) is 0 Å². The van der Waals surface area contributed by atoms with Crippen LogP contribution in [0.4, 0.5) is 0 Å². The van der Waals surface area contributed by atoms with Crippen LogP contribution in [0.2, 0.25) is 0 Å². The highest BCUT2D eigenvalue weighted by molar-refractivity contribution is 5.82. The van der Waals surface area contributed by atoms with Crippen LogP contribution >= 0.6 is 0 Å². The van der Waals surface area contributed by atoms with Gasteiger partial charge in [-0.2, -0.15) is 0 Å². The zero-order valence-electron chi connectivity index (χ0n) is 7.88. The Kier molecular flexibility index (Phi) is 2.21. The number of carbonyl (C=O) groups is 1. The van der Waals surface area contributed by atoms with E-state index in [1.165, 1.54) is 5.57 Å². The summed E-state index contributed by atoms with van der Waals surface area (Å²) in [7, 11) is 1.71. The topological polar surface area (TPSA) is 26.3 Å². The van der Waals surface area contributed by atoms with Gasteiger partial charge in [0, 0.05) is 19.3 Å². The van der Waals surface area contributed by atoms with Crippen molar-refractivity contribution in [2.75, 3.05) is 7.11 Å². The van der Waals surface area contributed by atoms with Crippen molar-refractivity contribution in [2.45, 2.75) is 25.7 Å². The zero-order chi connectivity index (χ0) is 9.26. The van der Waals surface area contributed by atoms with E-state index in [1.54, 1.807) is 7.11 Å². The number of ketones is 1. The molecule has 2 aliphatic carbocycles. The molecule has 0 spiro atoms. The predicted octanol–water partition coefficient (Wildman–Crippen LogP) is 2.22. The molecule has 13 heavy (non-hydrogen) atoms. The van der Waals surface area contributed by atoms with Crippen molar-refractivity contribution in [3.05, 3.63) is 23.5 Å². The Bertz CT molecular complexity index is 286. The monoisotopic (exact) mass is 178 g/mol. The lowest BCUT2D eigenvalue weighted by Gasteiger charge is -2.27. The average molecular weight is 178 g/mol. The lowest BCUT2D eigenvalue weighted by atomic mass is 9.79. The number of hydrogen-bond acceptors (Lipinski definition) is 2. The highest BCUT2D eigenvalue weighted by atomic mass is 16.5. The van der Waals surface area contributed by atoms with Crippen LogP contribution in [0.3, 0.4) is 0 Å². The smallest absolute Gasteiger partial charge is 0.136 e. The van der Waals surface area contributed by atoms with Gasteiger partial charge in [-0.3, -0.25) is 4.79 Å². The second-order valence-electron chi connectivity index (χ2n) is 3.73. The lowest BCUT2D eigenvalue weighted by molar-refractivity contribution is -0.119. The van der Waals surface area contributed by atoms with Crippen LogP contribution in [-0.4, -0.2) is 12.9 Å². The second kappa shape index (κ2) is 3.36. The number of hydrogen-bond donors (Lipinski definition) is 0. The van der Waals surface area contributed by atoms with Gasteiger partial charge < -0.3 is 4.74 Å². The SMILES string of the molecule is COC1=CC=C2CC(=O)CCC2C1. The molecular weight excluding hydrogens is 164 g/mol. The summed E-state index contributed by atoms with van der Waals surface area (Å²) in [5.41, 5.74) is 1.30. The van der Waals surface area contributed by atoms with Gasteiger partial charge in [-0.1, -0.05) is 11.6 Å². The summed E-state index contributed by atoms with van der Waals surface area (Å²) in [6.45, 7) is 0. The molecule has 0 aromatic carbocycles. The van der Waals surface area contributed by atoms with E-state index < -0.39 is 0 Å². The fourth-order valence-electron chi connectivity index (χ4n) is 2.07. The van der Waals surface area contributed by atoms with E-state index in [-0.39, 0.29) is 0 Å². The summed E-state index contributed by atoms with van der Waals surface area (Å²) in [4.78, 5) is 11.2.